The second kappa shape index (κ2) is 9.72. The molecule has 0 radical (unpaired) electrons. The first-order valence-electron chi connectivity index (χ1n) is 10.5. The molecule has 0 aliphatic carbocycles. The zero-order valence-corrected chi connectivity index (χ0v) is 20.1. The summed E-state index contributed by atoms with van der Waals surface area (Å²) in [6.45, 7) is 0. The van der Waals surface area contributed by atoms with Gasteiger partial charge in [-0.05, 0) is 29.8 Å². The topological polar surface area (TPSA) is 85.0 Å². The third-order valence-electron chi connectivity index (χ3n) is 6.06. The molecule has 2 aromatic rings. The normalized spacial score (nSPS) is 25.1. The fraction of sp³-hybridized carbons (Fsp3) is 0.348. The molecule has 0 bridgehead atoms. The number of carbonyl (C=O) groups excluding carboxylic acids is 3. The summed E-state index contributed by atoms with van der Waals surface area (Å²) in [5.74, 6) is -0.735. The van der Waals surface area contributed by atoms with Crippen molar-refractivity contribution in [3.8, 4) is 0 Å². The Morgan fingerprint density at radius 1 is 1.06 bits per heavy atom. The standard InChI is InChI=1S/C23H26ClN5O3S/c1-27(16-7-5-4-6-8-16)17(30)13-33-21-18-20(28(2)23(32)29(3)22(18)31)25-19(26-21)14-9-11-15(24)12-10-14/h4-12,18-21,25-26H,13H2,1-3H3. The molecule has 2 aliphatic heterocycles. The molecule has 2 N–H and O–H groups in total. The van der Waals surface area contributed by atoms with E-state index < -0.39 is 17.5 Å². The lowest BCUT2D eigenvalue weighted by molar-refractivity contribution is -0.140. The Kier molecular flexibility index (Phi) is 6.94. The molecule has 4 rings (SSSR count). The summed E-state index contributed by atoms with van der Waals surface area (Å²) < 4.78 is 0. The van der Waals surface area contributed by atoms with Crippen molar-refractivity contribution in [2.24, 2.45) is 5.92 Å². The first kappa shape index (κ1) is 23.6. The van der Waals surface area contributed by atoms with E-state index in [2.05, 4.69) is 10.6 Å². The van der Waals surface area contributed by atoms with Crippen LogP contribution in [0.25, 0.3) is 0 Å². The molecular formula is C23H26ClN5O3S. The minimum Gasteiger partial charge on any atom is -0.315 e. The predicted molar refractivity (Wildman–Crippen MR) is 130 cm³/mol. The Morgan fingerprint density at radius 3 is 2.39 bits per heavy atom. The van der Waals surface area contributed by atoms with E-state index in [-0.39, 0.29) is 29.8 Å². The maximum Gasteiger partial charge on any atom is 0.327 e. The number of hydrogen-bond donors (Lipinski definition) is 2. The quantitative estimate of drug-likeness (QED) is 0.674. The van der Waals surface area contributed by atoms with Crippen LogP contribution in [0.1, 0.15) is 11.7 Å². The van der Waals surface area contributed by atoms with Crippen LogP contribution in [0, 0.1) is 5.92 Å². The Labute approximate surface area is 202 Å². The van der Waals surface area contributed by atoms with Gasteiger partial charge in [-0.15, -0.1) is 11.8 Å². The van der Waals surface area contributed by atoms with Crippen LogP contribution in [0.2, 0.25) is 5.02 Å². The van der Waals surface area contributed by atoms with Gasteiger partial charge < -0.3 is 9.80 Å². The van der Waals surface area contributed by atoms with Gasteiger partial charge in [-0.3, -0.25) is 25.1 Å². The van der Waals surface area contributed by atoms with Gasteiger partial charge in [-0.1, -0.05) is 41.9 Å². The largest absolute Gasteiger partial charge is 0.327 e. The first-order valence-corrected chi connectivity index (χ1v) is 12.0. The highest BCUT2D eigenvalue weighted by Crippen LogP contribution is 2.34. The Morgan fingerprint density at radius 2 is 1.73 bits per heavy atom. The highest BCUT2D eigenvalue weighted by molar-refractivity contribution is 8.00. The highest BCUT2D eigenvalue weighted by atomic mass is 35.5. The van der Waals surface area contributed by atoms with Gasteiger partial charge in [-0.25, -0.2) is 4.79 Å². The number of amides is 4. The van der Waals surface area contributed by atoms with Crippen molar-refractivity contribution in [2.75, 3.05) is 31.8 Å². The van der Waals surface area contributed by atoms with Crippen LogP contribution < -0.4 is 15.5 Å². The van der Waals surface area contributed by atoms with E-state index in [1.54, 1.807) is 36.0 Å². The van der Waals surface area contributed by atoms with Crippen LogP contribution in [0.4, 0.5) is 10.5 Å². The third-order valence-corrected chi connectivity index (χ3v) is 7.52. The van der Waals surface area contributed by atoms with Gasteiger partial charge in [0.05, 0.1) is 29.4 Å². The molecule has 10 heteroatoms. The lowest BCUT2D eigenvalue weighted by Crippen LogP contribution is -2.72. The lowest BCUT2D eigenvalue weighted by Gasteiger charge is -2.50. The van der Waals surface area contributed by atoms with Crippen LogP contribution >= 0.6 is 23.4 Å². The molecule has 174 valence electrons. The summed E-state index contributed by atoms with van der Waals surface area (Å²) in [6.07, 6.45) is -0.836. The molecule has 4 unspecified atom stereocenters. The molecule has 4 amide bonds. The van der Waals surface area contributed by atoms with Gasteiger partial charge in [0.15, 0.2) is 0 Å². The van der Waals surface area contributed by atoms with Crippen molar-refractivity contribution in [1.82, 2.24) is 20.4 Å². The minimum absolute atomic E-state index is 0.0767. The monoisotopic (exact) mass is 487 g/mol. The van der Waals surface area contributed by atoms with E-state index in [4.69, 9.17) is 11.6 Å². The zero-order chi connectivity index (χ0) is 23.7. The molecule has 2 aromatic carbocycles. The smallest absolute Gasteiger partial charge is 0.315 e. The molecule has 8 nitrogen and oxygen atoms in total. The van der Waals surface area contributed by atoms with E-state index >= 15 is 0 Å². The molecule has 33 heavy (non-hydrogen) atoms. The Bertz CT molecular complexity index is 1040. The first-order chi connectivity index (χ1) is 15.8. The average Bonchev–Trinajstić information content (AvgIpc) is 2.84. The van der Waals surface area contributed by atoms with E-state index in [0.29, 0.717) is 5.02 Å². The second-order valence-corrected chi connectivity index (χ2v) is 9.67. The summed E-state index contributed by atoms with van der Waals surface area (Å²) in [5.41, 5.74) is 1.72. The predicted octanol–water partition coefficient (Wildman–Crippen LogP) is 2.72. The lowest BCUT2D eigenvalue weighted by atomic mass is 9.96. The number of anilines is 1. The van der Waals surface area contributed by atoms with E-state index in [9.17, 15) is 14.4 Å². The van der Waals surface area contributed by atoms with Crippen molar-refractivity contribution in [3.05, 3.63) is 65.2 Å². The summed E-state index contributed by atoms with van der Waals surface area (Å²) in [4.78, 5) is 42.8. The number of fused-ring (bicyclic) bond motifs is 1. The summed E-state index contributed by atoms with van der Waals surface area (Å²) in [6, 6.07) is 16.4. The molecule has 2 fully saturated rings. The maximum atomic E-state index is 13.1. The van der Waals surface area contributed by atoms with Crippen molar-refractivity contribution in [1.29, 1.82) is 0 Å². The molecule has 2 heterocycles. The molecule has 2 saturated heterocycles. The van der Waals surface area contributed by atoms with Crippen LogP contribution in [0.5, 0.6) is 0 Å². The van der Waals surface area contributed by atoms with Gasteiger partial charge in [0.1, 0.15) is 0 Å². The number of halogens is 1. The second-order valence-electron chi connectivity index (χ2n) is 8.10. The fourth-order valence-corrected chi connectivity index (χ4v) is 5.45. The Balaban J connectivity index is 1.56. The number of imide groups is 1. The van der Waals surface area contributed by atoms with E-state index in [0.717, 1.165) is 16.2 Å². The number of benzene rings is 2. The average molecular weight is 488 g/mol. The Hall–Kier alpha value is -2.59. The molecule has 2 aliphatic rings. The molecule has 0 spiro atoms. The molecule has 0 aromatic heterocycles. The van der Waals surface area contributed by atoms with Crippen molar-refractivity contribution >= 4 is 46.9 Å². The molecule has 4 atom stereocenters. The number of carbonyl (C=O) groups is 3. The maximum absolute atomic E-state index is 13.1. The molecule has 0 saturated carbocycles. The number of hydrogen-bond acceptors (Lipinski definition) is 6. The van der Waals surface area contributed by atoms with Crippen molar-refractivity contribution < 1.29 is 14.4 Å². The highest BCUT2D eigenvalue weighted by Gasteiger charge is 2.51. The van der Waals surface area contributed by atoms with Gasteiger partial charge in [0.2, 0.25) is 11.8 Å². The third kappa shape index (κ3) is 4.72. The summed E-state index contributed by atoms with van der Waals surface area (Å²) >= 11 is 7.41. The van der Waals surface area contributed by atoms with Crippen LogP contribution in [0.15, 0.2) is 54.6 Å². The number of nitrogens with one attached hydrogen (secondary N) is 2. The van der Waals surface area contributed by atoms with Gasteiger partial charge in [0, 0.05) is 31.9 Å². The molecular weight excluding hydrogens is 462 g/mol. The minimum atomic E-state index is -0.555. The van der Waals surface area contributed by atoms with Crippen molar-refractivity contribution in [2.45, 2.75) is 17.7 Å². The number of nitrogens with zero attached hydrogens (tertiary/aromatic N) is 3. The number of rotatable bonds is 5. The zero-order valence-electron chi connectivity index (χ0n) is 18.6. The van der Waals surface area contributed by atoms with Crippen LogP contribution in [-0.2, 0) is 9.59 Å². The van der Waals surface area contributed by atoms with Crippen molar-refractivity contribution in [3.63, 3.8) is 0 Å². The SMILES string of the molecule is CN1C(=O)C2C(SCC(=O)N(C)c3ccccc3)NC(c3ccc(Cl)cc3)NC2N(C)C1=O. The number of thioether (sulfide) groups is 1. The van der Waals surface area contributed by atoms with Gasteiger partial charge in [-0.2, -0.15) is 0 Å². The van der Waals surface area contributed by atoms with E-state index in [1.807, 2.05) is 42.5 Å². The summed E-state index contributed by atoms with van der Waals surface area (Å²) in [7, 11) is 4.90. The summed E-state index contributed by atoms with van der Waals surface area (Å²) in [5, 5.41) is 7.07. The number of urea groups is 1. The van der Waals surface area contributed by atoms with E-state index in [1.165, 1.54) is 18.8 Å². The van der Waals surface area contributed by atoms with Crippen LogP contribution in [0.3, 0.4) is 0 Å². The van der Waals surface area contributed by atoms with Gasteiger partial charge in [0.25, 0.3) is 0 Å². The number of para-hydroxylation sites is 1. The fourth-order valence-electron chi connectivity index (χ4n) is 4.10. The van der Waals surface area contributed by atoms with Crippen LogP contribution in [-0.4, -0.2) is 66.1 Å². The van der Waals surface area contributed by atoms with Gasteiger partial charge >= 0.3 is 6.03 Å².